The van der Waals surface area contributed by atoms with E-state index in [2.05, 4.69) is 9.47 Å². The SMILES string of the molecule is COC(=O)C1CCC(OCCOC(F)(F)F)CC1. The average Bonchev–Trinajstić information content (AvgIpc) is 2.33. The van der Waals surface area contributed by atoms with Crippen LogP contribution in [-0.4, -0.2) is 38.8 Å². The molecule has 0 saturated heterocycles. The summed E-state index contributed by atoms with van der Waals surface area (Å²) in [6.07, 6.45) is -2.08. The summed E-state index contributed by atoms with van der Waals surface area (Å²) >= 11 is 0. The fourth-order valence-corrected chi connectivity index (χ4v) is 2.00. The second kappa shape index (κ2) is 6.94. The van der Waals surface area contributed by atoms with Crippen molar-refractivity contribution in [2.75, 3.05) is 20.3 Å². The molecule has 0 unspecified atom stereocenters. The molecule has 1 aliphatic carbocycles. The highest BCUT2D eigenvalue weighted by molar-refractivity contribution is 5.72. The van der Waals surface area contributed by atoms with Crippen molar-refractivity contribution in [3.63, 3.8) is 0 Å². The fraction of sp³-hybridized carbons (Fsp3) is 0.909. The summed E-state index contributed by atoms with van der Waals surface area (Å²) in [5, 5.41) is 0. The van der Waals surface area contributed by atoms with E-state index < -0.39 is 13.0 Å². The molecule has 1 rings (SSSR count). The molecule has 1 aliphatic rings. The molecule has 0 atom stereocenters. The predicted molar refractivity (Wildman–Crippen MR) is 55.7 cm³/mol. The van der Waals surface area contributed by atoms with E-state index >= 15 is 0 Å². The topological polar surface area (TPSA) is 44.8 Å². The molecule has 0 aromatic heterocycles. The first-order chi connectivity index (χ1) is 8.42. The van der Waals surface area contributed by atoms with Crippen molar-refractivity contribution in [1.29, 1.82) is 0 Å². The van der Waals surface area contributed by atoms with Gasteiger partial charge in [0.15, 0.2) is 0 Å². The third kappa shape index (κ3) is 5.68. The number of esters is 1. The first kappa shape index (κ1) is 15.2. The van der Waals surface area contributed by atoms with Crippen LogP contribution in [0.5, 0.6) is 0 Å². The van der Waals surface area contributed by atoms with Gasteiger partial charge < -0.3 is 9.47 Å². The van der Waals surface area contributed by atoms with Gasteiger partial charge >= 0.3 is 12.3 Å². The van der Waals surface area contributed by atoms with Crippen molar-refractivity contribution in [3.05, 3.63) is 0 Å². The lowest BCUT2D eigenvalue weighted by molar-refractivity contribution is -0.327. The minimum atomic E-state index is -4.61. The number of alkyl halides is 3. The summed E-state index contributed by atoms with van der Waals surface area (Å²) in [4.78, 5) is 11.2. The first-order valence-electron chi connectivity index (χ1n) is 5.82. The Morgan fingerprint density at radius 1 is 1.17 bits per heavy atom. The smallest absolute Gasteiger partial charge is 0.469 e. The number of hydrogen-bond donors (Lipinski definition) is 0. The van der Waals surface area contributed by atoms with Gasteiger partial charge in [0.1, 0.15) is 0 Å². The first-order valence-corrected chi connectivity index (χ1v) is 5.82. The van der Waals surface area contributed by atoms with E-state index in [0.29, 0.717) is 25.7 Å². The van der Waals surface area contributed by atoms with Crippen LogP contribution in [0, 0.1) is 5.92 Å². The van der Waals surface area contributed by atoms with Gasteiger partial charge in [-0.3, -0.25) is 9.53 Å². The summed E-state index contributed by atoms with van der Waals surface area (Å²) in [5.41, 5.74) is 0. The second-order valence-electron chi connectivity index (χ2n) is 4.16. The largest absolute Gasteiger partial charge is 0.522 e. The second-order valence-corrected chi connectivity index (χ2v) is 4.16. The number of carbonyl (C=O) groups excluding carboxylic acids is 1. The quantitative estimate of drug-likeness (QED) is 0.568. The maximum atomic E-state index is 11.7. The Morgan fingerprint density at radius 3 is 2.28 bits per heavy atom. The Morgan fingerprint density at radius 2 is 1.78 bits per heavy atom. The van der Waals surface area contributed by atoms with Gasteiger partial charge in [-0.25, -0.2) is 0 Å². The normalized spacial score (nSPS) is 24.9. The van der Waals surface area contributed by atoms with Crippen molar-refractivity contribution < 1.29 is 32.2 Å². The lowest BCUT2D eigenvalue weighted by Gasteiger charge is -2.26. The van der Waals surface area contributed by atoms with Gasteiger partial charge in [0, 0.05) is 0 Å². The Bertz CT molecular complexity index is 260. The zero-order chi connectivity index (χ0) is 13.6. The maximum absolute atomic E-state index is 11.7. The number of halogens is 3. The van der Waals surface area contributed by atoms with E-state index in [1.807, 2.05) is 0 Å². The lowest BCUT2D eigenvalue weighted by atomic mass is 9.87. The van der Waals surface area contributed by atoms with Gasteiger partial charge in [0.05, 0.1) is 32.3 Å². The Balaban J connectivity index is 2.11. The molecular weight excluding hydrogens is 253 g/mol. The third-order valence-electron chi connectivity index (χ3n) is 2.91. The maximum Gasteiger partial charge on any atom is 0.522 e. The molecule has 1 saturated carbocycles. The molecule has 0 radical (unpaired) electrons. The number of hydrogen-bond acceptors (Lipinski definition) is 4. The summed E-state index contributed by atoms with van der Waals surface area (Å²) in [6.45, 7) is -0.590. The van der Waals surface area contributed by atoms with Crippen LogP contribution in [0.25, 0.3) is 0 Å². The fourth-order valence-electron chi connectivity index (χ4n) is 2.00. The zero-order valence-corrected chi connectivity index (χ0v) is 10.2. The molecule has 4 nitrogen and oxygen atoms in total. The van der Waals surface area contributed by atoms with Crippen molar-refractivity contribution in [1.82, 2.24) is 0 Å². The van der Waals surface area contributed by atoms with Gasteiger partial charge in [-0.15, -0.1) is 13.2 Å². The molecule has 0 amide bonds. The molecule has 1 fully saturated rings. The van der Waals surface area contributed by atoms with Crippen molar-refractivity contribution in [2.45, 2.75) is 38.1 Å². The molecule has 0 aromatic rings. The summed E-state index contributed by atoms with van der Waals surface area (Å²) < 4.78 is 48.5. The Hall–Kier alpha value is -0.820. The molecule has 106 valence electrons. The van der Waals surface area contributed by atoms with Crippen LogP contribution in [0.4, 0.5) is 13.2 Å². The van der Waals surface area contributed by atoms with Crippen molar-refractivity contribution in [3.8, 4) is 0 Å². The van der Waals surface area contributed by atoms with E-state index in [-0.39, 0.29) is 24.6 Å². The van der Waals surface area contributed by atoms with Crippen LogP contribution in [0.3, 0.4) is 0 Å². The Kier molecular flexibility index (Phi) is 5.87. The van der Waals surface area contributed by atoms with E-state index in [1.54, 1.807) is 0 Å². The molecule has 0 bridgehead atoms. The summed E-state index contributed by atoms with van der Waals surface area (Å²) in [5.74, 6) is -0.338. The van der Waals surface area contributed by atoms with Gasteiger partial charge in [-0.05, 0) is 25.7 Å². The number of rotatable bonds is 5. The molecule has 0 aromatic carbocycles. The van der Waals surface area contributed by atoms with Crippen molar-refractivity contribution >= 4 is 5.97 Å². The van der Waals surface area contributed by atoms with E-state index in [9.17, 15) is 18.0 Å². The summed E-state index contributed by atoms with van der Waals surface area (Å²) in [6, 6.07) is 0. The Labute approximate surface area is 103 Å². The average molecular weight is 270 g/mol. The van der Waals surface area contributed by atoms with Crippen LogP contribution in [0.2, 0.25) is 0 Å². The minimum absolute atomic E-state index is 0.0902. The molecular formula is C11H17F3O4. The van der Waals surface area contributed by atoms with E-state index in [4.69, 9.17) is 4.74 Å². The molecule has 0 N–H and O–H groups in total. The zero-order valence-electron chi connectivity index (χ0n) is 10.2. The monoisotopic (exact) mass is 270 g/mol. The van der Waals surface area contributed by atoms with E-state index in [1.165, 1.54) is 7.11 Å². The van der Waals surface area contributed by atoms with Crippen LogP contribution < -0.4 is 0 Å². The van der Waals surface area contributed by atoms with Gasteiger partial charge in [-0.1, -0.05) is 0 Å². The molecule has 7 heteroatoms. The number of carbonyl (C=O) groups is 1. The van der Waals surface area contributed by atoms with Gasteiger partial charge in [0.25, 0.3) is 0 Å². The third-order valence-corrected chi connectivity index (χ3v) is 2.91. The lowest BCUT2D eigenvalue weighted by Crippen LogP contribution is -2.28. The highest BCUT2D eigenvalue weighted by atomic mass is 19.4. The molecule has 0 aliphatic heterocycles. The van der Waals surface area contributed by atoms with Crippen LogP contribution in [0.1, 0.15) is 25.7 Å². The predicted octanol–water partition coefficient (Wildman–Crippen LogP) is 2.27. The number of ether oxygens (including phenoxy) is 3. The number of methoxy groups -OCH3 is 1. The van der Waals surface area contributed by atoms with Gasteiger partial charge in [0.2, 0.25) is 0 Å². The van der Waals surface area contributed by atoms with Crippen molar-refractivity contribution in [2.24, 2.45) is 5.92 Å². The van der Waals surface area contributed by atoms with Gasteiger partial charge in [-0.2, -0.15) is 0 Å². The highest BCUT2D eigenvalue weighted by Crippen LogP contribution is 2.27. The van der Waals surface area contributed by atoms with E-state index in [0.717, 1.165) is 0 Å². The highest BCUT2D eigenvalue weighted by Gasteiger charge is 2.30. The summed E-state index contributed by atoms with van der Waals surface area (Å²) in [7, 11) is 1.35. The molecule has 0 spiro atoms. The van der Waals surface area contributed by atoms with Crippen LogP contribution >= 0.6 is 0 Å². The van der Waals surface area contributed by atoms with Crippen LogP contribution in [-0.2, 0) is 19.0 Å². The standard InChI is InChI=1S/C11H17F3O4/c1-16-10(15)8-2-4-9(5-3-8)17-6-7-18-11(12,13)14/h8-9H,2-7H2,1H3. The van der Waals surface area contributed by atoms with Crippen LogP contribution in [0.15, 0.2) is 0 Å². The molecule has 0 heterocycles. The minimum Gasteiger partial charge on any atom is -0.469 e. The molecule has 18 heavy (non-hydrogen) atoms.